The van der Waals surface area contributed by atoms with E-state index in [0.29, 0.717) is 16.9 Å². The highest BCUT2D eigenvalue weighted by atomic mass is 16.1. The van der Waals surface area contributed by atoms with Gasteiger partial charge in [-0.15, -0.1) is 0 Å². The molecule has 0 spiro atoms. The number of rotatable bonds is 5. The molecular formula is C24H25N3O2. The van der Waals surface area contributed by atoms with Crippen LogP contribution in [-0.4, -0.2) is 16.7 Å². The van der Waals surface area contributed by atoms with E-state index in [1.165, 1.54) is 12.5 Å². The Morgan fingerprint density at radius 3 is 2.17 bits per heavy atom. The van der Waals surface area contributed by atoms with Crippen LogP contribution in [0.25, 0.3) is 0 Å². The fraction of sp³-hybridized carbons (Fsp3) is 0.208. The number of pyridine rings is 1. The Morgan fingerprint density at radius 2 is 1.59 bits per heavy atom. The first-order chi connectivity index (χ1) is 13.7. The lowest BCUT2D eigenvalue weighted by molar-refractivity contribution is 0.101. The topological polar surface area (TPSA) is 71.1 Å². The molecule has 0 aliphatic heterocycles. The van der Waals surface area contributed by atoms with Gasteiger partial charge in [-0.1, -0.05) is 45.0 Å². The van der Waals surface area contributed by atoms with Gasteiger partial charge in [-0.05, 0) is 54.3 Å². The third-order valence-electron chi connectivity index (χ3n) is 4.58. The van der Waals surface area contributed by atoms with Crippen molar-refractivity contribution >= 4 is 28.9 Å². The maximum Gasteiger partial charge on any atom is 0.256 e. The number of hydrogen-bond acceptors (Lipinski definition) is 4. The number of nitrogens with one attached hydrogen (secondary N) is 2. The number of carbonyl (C=O) groups is 2. The minimum absolute atomic E-state index is 0.0142. The molecule has 0 aliphatic carbocycles. The second-order valence-electron chi connectivity index (χ2n) is 7.98. The van der Waals surface area contributed by atoms with E-state index in [1.54, 1.807) is 24.4 Å². The zero-order valence-corrected chi connectivity index (χ0v) is 17.1. The van der Waals surface area contributed by atoms with Crippen molar-refractivity contribution in [2.75, 3.05) is 10.6 Å². The van der Waals surface area contributed by atoms with Crippen molar-refractivity contribution in [3.05, 3.63) is 83.6 Å². The first kappa shape index (κ1) is 20.3. The van der Waals surface area contributed by atoms with E-state index >= 15 is 0 Å². The van der Waals surface area contributed by atoms with Crippen molar-refractivity contribution in [1.29, 1.82) is 0 Å². The van der Waals surface area contributed by atoms with Crippen LogP contribution in [0.5, 0.6) is 0 Å². The van der Waals surface area contributed by atoms with Crippen LogP contribution in [0.2, 0.25) is 0 Å². The molecule has 3 rings (SSSR count). The highest BCUT2D eigenvalue weighted by molar-refractivity contribution is 6.03. The lowest BCUT2D eigenvalue weighted by atomic mass is 9.87. The molecule has 0 atom stereocenters. The Bertz CT molecular complexity index is 1020. The van der Waals surface area contributed by atoms with Gasteiger partial charge in [-0.2, -0.15) is 0 Å². The molecule has 29 heavy (non-hydrogen) atoms. The summed E-state index contributed by atoms with van der Waals surface area (Å²) >= 11 is 0. The fourth-order valence-electron chi connectivity index (χ4n) is 2.83. The number of Topliss-reactive ketones (excluding diaryl/α,β-unsaturated/α-hetero) is 1. The third-order valence-corrected chi connectivity index (χ3v) is 4.58. The number of hydrogen-bond donors (Lipinski definition) is 2. The molecule has 1 amide bonds. The number of benzene rings is 2. The smallest absolute Gasteiger partial charge is 0.256 e. The highest BCUT2D eigenvalue weighted by Crippen LogP contribution is 2.23. The van der Waals surface area contributed by atoms with Crippen LogP contribution in [-0.2, 0) is 5.41 Å². The van der Waals surface area contributed by atoms with Gasteiger partial charge in [0.15, 0.2) is 5.78 Å². The van der Waals surface area contributed by atoms with Gasteiger partial charge in [0.2, 0.25) is 0 Å². The summed E-state index contributed by atoms with van der Waals surface area (Å²) in [5.41, 5.74) is 4.01. The predicted molar refractivity (Wildman–Crippen MR) is 117 cm³/mol. The van der Waals surface area contributed by atoms with Crippen molar-refractivity contribution in [2.45, 2.75) is 33.1 Å². The molecule has 3 aromatic rings. The van der Waals surface area contributed by atoms with Crippen LogP contribution < -0.4 is 10.6 Å². The monoisotopic (exact) mass is 387 g/mol. The predicted octanol–water partition coefficient (Wildman–Crippen LogP) is 5.58. The Labute approximate surface area is 171 Å². The number of ketones is 1. The van der Waals surface area contributed by atoms with Gasteiger partial charge in [-0.25, -0.2) is 4.98 Å². The maximum atomic E-state index is 12.5. The van der Waals surface area contributed by atoms with Gasteiger partial charge in [0.25, 0.3) is 5.91 Å². The van der Waals surface area contributed by atoms with Crippen LogP contribution in [0.3, 0.4) is 0 Å². The lowest BCUT2D eigenvalue weighted by Crippen LogP contribution is -2.15. The van der Waals surface area contributed by atoms with Crippen molar-refractivity contribution in [2.24, 2.45) is 0 Å². The minimum Gasteiger partial charge on any atom is -0.354 e. The fourth-order valence-corrected chi connectivity index (χ4v) is 2.83. The van der Waals surface area contributed by atoms with Gasteiger partial charge < -0.3 is 10.6 Å². The van der Waals surface area contributed by atoms with Gasteiger partial charge in [0.05, 0.1) is 11.9 Å². The normalized spacial score (nSPS) is 11.0. The first-order valence-electron chi connectivity index (χ1n) is 9.48. The Morgan fingerprint density at radius 1 is 0.862 bits per heavy atom. The van der Waals surface area contributed by atoms with E-state index in [9.17, 15) is 9.59 Å². The average molecular weight is 387 g/mol. The molecule has 1 aromatic heterocycles. The zero-order valence-electron chi connectivity index (χ0n) is 17.1. The first-order valence-corrected chi connectivity index (χ1v) is 9.48. The summed E-state index contributed by atoms with van der Waals surface area (Å²) in [5.74, 6) is 0.283. The van der Waals surface area contributed by atoms with Crippen LogP contribution in [0, 0.1) is 0 Å². The molecular weight excluding hydrogens is 362 g/mol. The summed E-state index contributed by atoms with van der Waals surface area (Å²) in [5, 5.41) is 6.01. The van der Waals surface area contributed by atoms with Gasteiger partial charge in [-0.3, -0.25) is 9.59 Å². The van der Waals surface area contributed by atoms with Crippen LogP contribution in [0.4, 0.5) is 17.2 Å². The molecule has 5 heteroatoms. The molecule has 0 radical (unpaired) electrons. The van der Waals surface area contributed by atoms with Gasteiger partial charge in [0, 0.05) is 16.8 Å². The standard InChI is InChI=1S/C24H25N3O2/c1-16(28)18-6-5-7-20(14-18)26-21-12-13-22(25-15-21)27-23(29)17-8-10-19(11-9-17)24(2,3)4/h5-15,26H,1-4H3,(H,25,27,29). The van der Waals surface area contributed by atoms with E-state index in [4.69, 9.17) is 0 Å². The molecule has 0 aliphatic rings. The summed E-state index contributed by atoms with van der Waals surface area (Å²) in [7, 11) is 0. The quantitative estimate of drug-likeness (QED) is 0.561. The summed E-state index contributed by atoms with van der Waals surface area (Å²) < 4.78 is 0. The molecule has 0 saturated heterocycles. The van der Waals surface area contributed by atoms with Crippen molar-refractivity contribution in [1.82, 2.24) is 4.98 Å². The number of aromatic nitrogens is 1. The SMILES string of the molecule is CC(=O)c1cccc(Nc2ccc(NC(=O)c3ccc(C(C)(C)C)cc3)nc2)c1. The molecule has 0 bridgehead atoms. The minimum atomic E-state index is -0.201. The molecule has 148 valence electrons. The highest BCUT2D eigenvalue weighted by Gasteiger charge is 2.14. The van der Waals surface area contributed by atoms with E-state index in [2.05, 4.69) is 36.4 Å². The summed E-state index contributed by atoms with van der Waals surface area (Å²) in [4.78, 5) is 28.2. The largest absolute Gasteiger partial charge is 0.354 e. The summed E-state index contributed by atoms with van der Waals surface area (Å²) in [6.07, 6.45) is 1.64. The van der Waals surface area contributed by atoms with Crippen molar-refractivity contribution in [3.63, 3.8) is 0 Å². The van der Waals surface area contributed by atoms with E-state index < -0.39 is 0 Å². The van der Waals surface area contributed by atoms with Crippen LogP contribution in [0.15, 0.2) is 66.9 Å². The molecule has 1 heterocycles. The van der Waals surface area contributed by atoms with Gasteiger partial charge in [0.1, 0.15) is 5.82 Å². The maximum absolute atomic E-state index is 12.5. The molecule has 5 nitrogen and oxygen atoms in total. The Kier molecular flexibility index (Phi) is 5.78. The lowest BCUT2D eigenvalue weighted by Gasteiger charge is -2.19. The number of anilines is 3. The summed E-state index contributed by atoms with van der Waals surface area (Å²) in [6, 6.07) is 18.4. The Hall–Kier alpha value is -3.47. The van der Waals surface area contributed by atoms with Gasteiger partial charge >= 0.3 is 0 Å². The number of carbonyl (C=O) groups excluding carboxylic acids is 2. The summed E-state index contributed by atoms with van der Waals surface area (Å²) in [6.45, 7) is 7.95. The average Bonchev–Trinajstić information content (AvgIpc) is 2.69. The second kappa shape index (κ2) is 8.27. The Balaban J connectivity index is 1.65. The van der Waals surface area contributed by atoms with E-state index in [1.807, 2.05) is 42.5 Å². The molecule has 0 fully saturated rings. The third kappa shape index (κ3) is 5.29. The van der Waals surface area contributed by atoms with E-state index in [0.717, 1.165) is 11.4 Å². The zero-order chi connectivity index (χ0) is 21.0. The molecule has 0 saturated carbocycles. The second-order valence-corrected chi connectivity index (χ2v) is 7.98. The van der Waals surface area contributed by atoms with Crippen molar-refractivity contribution in [3.8, 4) is 0 Å². The molecule has 0 unspecified atom stereocenters. The van der Waals surface area contributed by atoms with Crippen molar-refractivity contribution < 1.29 is 9.59 Å². The molecule has 2 aromatic carbocycles. The van der Waals surface area contributed by atoms with Crippen LogP contribution in [0.1, 0.15) is 54.0 Å². The number of nitrogens with zero attached hydrogens (tertiary/aromatic N) is 1. The number of amides is 1. The molecule has 2 N–H and O–H groups in total. The van der Waals surface area contributed by atoms with Crippen LogP contribution >= 0.6 is 0 Å². The van der Waals surface area contributed by atoms with E-state index in [-0.39, 0.29) is 17.1 Å².